The molecule has 0 saturated carbocycles. The fraction of sp³-hybridized carbons (Fsp3) is 0.400. The van der Waals surface area contributed by atoms with Gasteiger partial charge in [0.2, 0.25) is 0 Å². The minimum absolute atomic E-state index is 0.444. The highest BCUT2D eigenvalue weighted by molar-refractivity contribution is 9.09. The van der Waals surface area contributed by atoms with Gasteiger partial charge in [0, 0.05) is 10.7 Å². The molecular weight excluding hydrogens is 480 g/mol. The quantitative estimate of drug-likeness (QED) is 0.276. The molecule has 0 bridgehead atoms. The van der Waals surface area contributed by atoms with Crippen molar-refractivity contribution in [3.05, 3.63) is 48.5 Å². The number of hydrogen-bond donors (Lipinski definition) is 0. The lowest BCUT2D eigenvalue weighted by Crippen LogP contribution is -2.13. The van der Waals surface area contributed by atoms with Gasteiger partial charge in [0.1, 0.15) is 13.2 Å². The van der Waals surface area contributed by atoms with Crippen LogP contribution >= 0.6 is 31.9 Å². The van der Waals surface area contributed by atoms with Gasteiger partial charge in [0.25, 0.3) is 0 Å². The van der Waals surface area contributed by atoms with Gasteiger partial charge in [-0.25, -0.2) is 0 Å². The fourth-order valence-corrected chi connectivity index (χ4v) is 2.52. The Bertz CT molecular complexity index is 598. The lowest BCUT2D eigenvalue weighted by Gasteiger charge is -2.13. The van der Waals surface area contributed by atoms with Crippen molar-refractivity contribution < 1.29 is 23.7 Å². The predicted octanol–water partition coefficient (Wildman–Crippen LogP) is 4.71. The molecule has 0 aromatic heterocycles. The minimum atomic E-state index is 0.444. The summed E-state index contributed by atoms with van der Waals surface area (Å²) >= 11 is 6.69. The summed E-state index contributed by atoms with van der Waals surface area (Å²) in [5.41, 5.74) is 0. The Hall–Kier alpha value is -1.44. The van der Waals surface area contributed by atoms with Crippen molar-refractivity contribution >= 4 is 31.9 Å². The van der Waals surface area contributed by atoms with Gasteiger partial charge in [-0.05, 0) is 24.3 Å². The molecule has 27 heavy (non-hydrogen) atoms. The summed E-state index contributed by atoms with van der Waals surface area (Å²) in [5, 5.41) is 1.55. The molecule has 0 aliphatic heterocycles. The molecule has 0 spiro atoms. The molecule has 5 nitrogen and oxygen atoms in total. The van der Waals surface area contributed by atoms with Gasteiger partial charge in [0.05, 0.1) is 26.4 Å². The third-order valence-corrected chi connectivity index (χ3v) is 3.99. The van der Waals surface area contributed by atoms with E-state index < -0.39 is 0 Å². The molecule has 0 atom stereocenters. The number of hydrogen-bond acceptors (Lipinski definition) is 5. The molecule has 0 aliphatic rings. The van der Waals surface area contributed by atoms with Crippen LogP contribution in [0.2, 0.25) is 0 Å². The first kappa shape index (κ1) is 21.9. The van der Waals surface area contributed by atoms with E-state index in [1.165, 1.54) is 0 Å². The third kappa shape index (κ3) is 8.41. The Morgan fingerprint density at radius 3 is 1.15 bits per heavy atom. The van der Waals surface area contributed by atoms with Crippen LogP contribution < -0.4 is 18.9 Å². The van der Waals surface area contributed by atoms with E-state index in [0.29, 0.717) is 39.6 Å². The second-order valence-corrected chi connectivity index (χ2v) is 6.86. The average Bonchev–Trinajstić information content (AvgIpc) is 2.71. The standard InChI is InChI=1S/C20H24Br2O5/c21-9-11-24-17-5-1-3-7-19(17)26-15-13-23-14-16-27-20-8-4-2-6-18(20)25-12-10-22/h1-8H,9-16H2. The van der Waals surface area contributed by atoms with Crippen LogP contribution in [0.5, 0.6) is 23.0 Å². The zero-order valence-electron chi connectivity index (χ0n) is 15.1. The van der Waals surface area contributed by atoms with E-state index in [2.05, 4.69) is 31.9 Å². The van der Waals surface area contributed by atoms with Crippen LogP contribution in [0, 0.1) is 0 Å². The largest absolute Gasteiger partial charge is 0.489 e. The van der Waals surface area contributed by atoms with Crippen LogP contribution in [-0.4, -0.2) is 50.3 Å². The van der Waals surface area contributed by atoms with Crippen LogP contribution in [0.1, 0.15) is 0 Å². The molecule has 2 rings (SSSR count). The zero-order valence-corrected chi connectivity index (χ0v) is 18.2. The SMILES string of the molecule is BrCCOc1ccccc1OCCOCCOc1ccccc1OCCBr. The topological polar surface area (TPSA) is 46.2 Å². The summed E-state index contributed by atoms with van der Waals surface area (Å²) < 4.78 is 28.3. The molecular formula is C20H24Br2O5. The maximum absolute atomic E-state index is 5.73. The number of benzene rings is 2. The van der Waals surface area contributed by atoms with Crippen LogP contribution in [0.3, 0.4) is 0 Å². The van der Waals surface area contributed by atoms with Gasteiger partial charge in [-0.3, -0.25) is 0 Å². The highest BCUT2D eigenvalue weighted by Gasteiger charge is 2.05. The van der Waals surface area contributed by atoms with Gasteiger partial charge in [-0.2, -0.15) is 0 Å². The van der Waals surface area contributed by atoms with Crippen molar-refractivity contribution in [2.75, 3.05) is 50.3 Å². The Balaban J connectivity index is 1.63. The Morgan fingerprint density at radius 2 is 0.815 bits per heavy atom. The molecule has 0 radical (unpaired) electrons. The number of para-hydroxylation sites is 4. The molecule has 0 heterocycles. The Labute approximate surface area is 177 Å². The normalized spacial score (nSPS) is 10.4. The number of ether oxygens (including phenoxy) is 5. The first-order valence-electron chi connectivity index (χ1n) is 8.74. The van der Waals surface area contributed by atoms with Gasteiger partial charge in [-0.1, -0.05) is 56.1 Å². The first-order chi connectivity index (χ1) is 13.3. The number of alkyl halides is 2. The third-order valence-electron chi connectivity index (χ3n) is 3.34. The fourth-order valence-electron chi connectivity index (χ4n) is 2.20. The highest BCUT2D eigenvalue weighted by atomic mass is 79.9. The van der Waals surface area contributed by atoms with E-state index in [1.54, 1.807) is 0 Å². The second kappa shape index (κ2) is 13.7. The average molecular weight is 504 g/mol. The number of halogens is 2. The van der Waals surface area contributed by atoms with Crippen molar-refractivity contribution in [2.24, 2.45) is 0 Å². The van der Waals surface area contributed by atoms with Crippen LogP contribution in [0.15, 0.2) is 48.5 Å². The summed E-state index contributed by atoms with van der Waals surface area (Å²) in [6.07, 6.45) is 0. The lowest BCUT2D eigenvalue weighted by molar-refractivity contribution is 0.0747. The van der Waals surface area contributed by atoms with E-state index in [1.807, 2.05) is 48.5 Å². The van der Waals surface area contributed by atoms with Crippen molar-refractivity contribution in [3.8, 4) is 23.0 Å². The Morgan fingerprint density at radius 1 is 0.481 bits per heavy atom. The van der Waals surface area contributed by atoms with Gasteiger partial charge < -0.3 is 23.7 Å². The van der Waals surface area contributed by atoms with E-state index in [4.69, 9.17) is 23.7 Å². The highest BCUT2D eigenvalue weighted by Crippen LogP contribution is 2.27. The molecule has 2 aromatic carbocycles. The summed E-state index contributed by atoms with van der Waals surface area (Å²) in [4.78, 5) is 0. The van der Waals surface area contributed by atoms with Crippen molar-refractivity contribution in [1.82, 2.24) is 0 Å². The molecule has 148 valence electrons. The summed E-state index contributed by atoms with van der Waals surface area (Å²) in [5.74, 6) is 2.91. The van der Waals surface area contributed by atoms with E-state index >= 15 is 0 Å². The number of rotatable bonds is 14. The molecule has 0 saturated heterocycles. The summed E-state index contributed by atoms with van der Waals surface area (Å²) in [6, 6.07) is 15.2. The minimum Gasteiger partial charge on any atom is -0.489 e. The van der Waals surface area contributed by atoms with Crippen LogP contribution in [0.4, 0.5) is 0 Å². The molecule has 0 unspecified atom stereocenters. The molecule has 0 fully saturated rings. The molecule has 0 N–H and O–H groups in total. The summed E-state index contributed by atoms with van der Waals surface area (Å²) in [6.45, 7) is 3.01. The molecule has 2 aromatic rings. The van der Waals surface area contributed by atoms with Crippen molar-refractivity contribution in [2.45, 2.75) is 0 Å². The first-order valence-corrected chi connectivity index (χ1v) is 11.0. The maximum Gasteiger partial charge on any atom is 0.161 e. The molecule has 0 aliphatic carbocycles. The monoisotopic (exact) mass is 502 g/mol. The molecule has 0 amide bonds. The van der Waals surface area contributed by atoms with Gasteiger partial charge >= 0.3 is 0 Å². The van der Waals surface area contributed by atoms with Crippen molar-refractivity contribution in [3.63, 3.8) is 0 Å². The van der Waals surface area contributed by atoms with Gasteiger partial charge in [0.15, 0.2) is 23.0 Å². The lowest BCUT2D eigenvalue weighted by atomic mass is 10.3. The van der Waals surface area contributed by atoms with E-state index in [0.717, 1.165) is 33.7 Å². The van der Waals surface area contributed by atoms with Gasteiger partial charge in [-0.15, -0.1) is 0 Å². The smallest absolute Gasteiger partial charge is 0.161 e. The van der Waals surface area contributed by atoms with Crippen LogP contribution in [0.25, 0.3) is 0 Å². The predicted molar refractivity (Wildman–Crippen MR) is 113 cm³/mol. The summed E-state index contributed by atoms with van der Waals surface area (Å²) in [7, 11) is 0. The second-order valence-electron chi connectivity index (χ2n) is 5.28. The van der Waals surface area contributed by atoms with E-state index in [-0.39, 0.29) is 0 Å². The Kier molecular flexibility index (Phi) is 11.1. The van der Waals surface area contributed by atoms with Crippen molar-refractivity contribution in [1.29, 1.82) is 0 Å². The van der Waals surface area contributed by atoms with Crippen LogP contribution in [-0.2, 0) is 4.74 Å². The zero-order chi connectivity index (χ0) is 19.2. The van der Waals surface area contributed by atoms with E-state index in [9.17, 15) is 0 Å². The maximum atomic E-state index is 5.73. The molecule has 7 heteroatoms.